The maximum atomic E-state index is 12.8. The number of nitrogen functional groups attached to an aromatic ring is 1. The average Bonchev–Trinajstić information content (AvgIpc) is 3.14. The van der Waals surface area contributed by atoms with Gasteiger partial charge in [0.1, 0.15) is 6.61 Å². The average molecular weight is 462 g/mol. The summed E-state index contributed by atoms with van der Waals surface area (Å²) in [6.45, 7) is 3.78. The zero-order valence-corrected chi connectivity index (χ0v) is 18.7. The van der Waals surface area contributed by atoms with Crippen molar-refractivity contribution in [2.24, 2.45) is 0 Å². The van der Waals surface area contributed by atoms with Gasteiger partial charge in [0.15, 0.2) is 11.6 Å². The molecule has 0 unspecified atom stereocenters. The van der Waals surface area contributed by atoms with Crippen molar-refractivity contribution in [1.29, 1.82) is 0 Å². The van der Waals surface area contributed by atoms with E-state index in [0.29, 0.717) is 35.2 Å². The largest absolute Gasteiger partial charge is 0.388 e. The lowest BCUT2D eigenvalue weighted by molar-refractivity contribution is 0.0903. The number of Topliss-reactive ketones (excluding diaryl/α,β-unsaturated/α-hetero) is 1. The fraction of sp³-hybridized carbons (Fsp3) is 0.250. The summed E-state index contributed by atoms with van der Waals surface area (Å²) in [6.07, 6.45) is 0. The van der Waals surface area contributed by atoms with Gasteiger partial charge in [-0.2, -0.15) is 4.31 Å². The summed E-state index contributed by atoms with van der Waals surface area (Å²) >= 11 is 1.24. The van der Waals surface area contributed by atoms with Crippen LogP contribution in [-0.4, -0.2) is 58.2 Å². The Hall–Kier alpha value is -2.73. The Balaban J connectivity index is 1.87. The van der Waals surface area contributed by atoms with Crippen LogP contribution in [0.3, 0.4) is 0 Å². The Kier molecular flexibility index (Phi) is 7.11. The molecular formula is C20H23N5O4S2. The smallest absolute Gasteiger partial charge is 0.243 e. The number of sulfonamides is 1. The van der Waals surface area contributed by atoms with Crippen LogP contribution in [0.25, 0.3) is 11.4 Å². The number of carbonyl (C=O) groups excluding carboxylic acids is 1. The lowest BCUT2D eigenvalue weighted by Crippen LogP contribution is -2.30. The van der Waals surface area contributed by atoms with Crippen LogP contribution in [0.15, 0.2) is 63.5 Å². The molecule has 0 saturated carbocycles. The Morgan fingerprint density at radius 1 is 1.13 bits per heavy atom. The number of nitrogens with two attached hydrogens (primary N) is 1. The topological polar surface area (TPSA) is 131 Å². The van der Waals surface area contributed by atoms with Gasteiger partial charge in [-0.25, -0.2) is 13.1 Å². The van der Waals surface area contributed by atoms with E-state index in [1.807, 2.05) is 0 Å². The molecule has 2 aromatic carbocycles. The van der Waals surface area contributed by atoms with Gasteiger partial charge in [0.05, 0.1) is 4.90 Å². The molecule has 0 saturated heterocycles. The highest BCUT2D eigenvalue weighted by Gasteiger charge is 2.23. The Morgan fingerprint density at radius 2 is 1.81 bits per heavy atom. The number of hydrogen-bond acceptors (Lipinski definition) is 8. The van der Waals surface area contributed by atoms with Crippen molar-refractivity contribution >= 4 is 27.6 Å². The molecule has 0 fully saturated rings. The number of ketones is 1. The first-order valence-corrected chi connectivity index (χ1v) is 11.8. The fourth-order valence-electron chi connectivity index (χ4n) is 2.96. The highest BCUT2D eigenvalue weighted by Crippen LogP contribution is 2.29. The van der Waals surface area contributed by atoms with Crippen LogP contribution in [0.1, 0.15) is 24.2 Å². The number of nitrogens with zero attached hydrogens (tertiary/aromatic N) is 4. The molecule has 3 N–H and O–H groups in total. The van der Waals surface area contributed by atoms with Crippen molar-refractivity contribution in [1.82, 2.24) is 19.2 Å². The quantitative estimate of drug-likeness (QED) is 0.365. The van der Waals surface area contributed by atoms with Crippen molar-refractivity contribution in [3.05, 3.63) is 54.1 Å². The molecule has 9 nitrogen and oxygen atoms in total. The molecule has 0 amide bonds. The zero-order valence-electron chi connectivity index (χ0n) is 17.1. The van der Waals surface area contributed by atoms with Gasteiger partial charge >= 0.3 is 0 Å². The van der Waals surface area contributed by atoms with Crippen LogP contribution in [0.4, 0.5) is 0 Å². The lowest BCUT2D eigenvalue weighted by Gasteiger charge is -2.18. The zero-order chi connectivity index (χ0) is 22.6. The van der Waals surface area contributed by atoms with E-state index >= 15 is 0 Å². The molecule has 0 aliphatic rings. The van der Waals surface area contributed by atoms with Crippen molar-refractivity contribution in [2.75, 3.05) is 25.5 Å². The molecule has 0 atom stereocenters. The van der Waals surface area contributed by atoms with Crippen molar-refractivity contribution < 1.29 is 18.3 Å². The number of carbonyl (C=O) groups is 1. The molecule has 0 spiro atoms. The Labute approximate surface area is 184 Å². The third-order valence-electron chi connectivity index (χ3n) is 4.63. The minimum atomic E-state index is -3.62. The monoisotopic (exact) mass is 461 g/mol. The van der Waals surface area contributed by atoms with Gasteiger partial charge in [-0.15, -0.1) is 10.2 Å². The molecule has 0 aliphatic heterocycles. The highest BCUT2D eigenvalue weighted by atomic mass is 32.2. The van der Waals surface area contributed by atoms with E-state index in [4.69, 9.17) is 10.9 Å². The van der Waals surface area contributed by atoms with Crippen molar-refractivity contribution in [3.63, 3.8) is 0 Å². The maximum absolute atomic E-state index is 12.8. The first-order valence-electron chi connectivity index (χ1n) is 9.54. The van der Waals surface area contributed by atoms with Crippen LogP contribution < -0.4 is 5.84 Å². The van der Waals surface area contributed by atoms with Gasteiger partial charge in [0, 0.05) is 29.1 Å². The summed E-state index contributed by atoms with van der Waals surface area (Å²) in [5.74, 6) is 6.14. The predicted molar refractivity (Wildman–Crippen MR) is 118 cm³/mol. The molecule has 0 radical (unpaired) electrons. The van der Waals surface area contributed by atoms with Gasteiger partial charge in [-0.1, -0.05) is 38.1 Å². The minimum Gasteiger partial charge on any atom is -0.388 e. The van der Waals surface area contributed by atoms with E-state index < -0.39 is 16.6 Å². The number of aromatic nitrogens is 3. The van der Waals surface area contributed by atoms with Crippen LogP contribution >= 0.6 is 11.8 Å². The molecule has 31 heavy (non-hydrogen) atoms. The van der Waals surface area contributed by atoms with E-state index in [1.165, 1.54) is 26.8 Å². The maximum Gasteiger partial charge on any atom is 0.243 e. The molecule has 3 rings (SSSR count). The molecule has 1 aromatic heterocycles. The van der Waals surface area contributed by atoms with Crippen molar-refractivity contribution in [3.8, 4) is 11.4 Å². The third kappa shape index (κ3) is 4.79. The van der Waals surface area contributed by atoms with Gasteiger partial charge in [0.2, 0.25) is 15.2 Å². The Morgan fingerprint density at radius 3 is 2.42 bits per heavy atom. The highest BCUT2D eigenvalue weighted by molar-refractivity contribution is 7.99. The minimum absolute atomic E-state index is 0.162. The van der Waals surface area contributed by atoms with Gasteiger partial charge in [-0.05, 0) is 36.0 Å². The standard InChI is InChI=1S/C20H23N5O4S2/c1-3-24(4-2)31(28,29)17-7-5-6-15(12-17)19-22-23-20(25(19)21)30-16-10-8-14(9-11-16)18(27)13-26/h5-12,26H,3-4,13,21H2,1-2H3. The lowest BCUT2D eigenvalue weighted by atomic mass is 10.1. The summed E-state index contributed by atoms with van der Waals surface area (Å²) in [7, 11) is -3.62. The summed E-state index contributed by atoms with van der Waals surface area (Å²) in [6, 6.07) is 13.1. The van der Waals surface area contributed by atoms with Gasteiger partial charge in [0.25, 0.3) is 0 Å². The van der Waals surface area contributed by atoms with E-state index in [9.17, 15) is 13.2 Å². The normalized spacial score (nSPS) is 11.7. The second-order valence-electron chi connectivity index (χ2n) is 6.50. The molecule has 0 aliphatic carbocycles. The number of aliphatic hydroxyl groups is 1. The summed E-state index contributed by atoms with van der Waals surface area (Å²) in [4.78, 5) is 12.5. The predicted octanol–water partition coefficient (Wildman–Crippen LogP) is 2.02. The SMILES string of the molecule is CCN(CC)S(=O)(=O)c1cccc(-c2nnc(Sc3ccc(C(=O)CO)cc3)n2N)c1. The van der Waals surface area contributed by atoms with Gasteiger partial charge < -0.3 is 10.9 Å². The van der Waals surface area contributed by atoms with E-state index in [1.54, 1.807) is 56.3 Å². The second-order valence-corrected chi connectivity index (χ2v) is 9.48. The van der Waals surface area contributed by atoms with Crippen molar-refractivity contribution in [2.45, 2.75) is 28.8 Å². The number of rotatable bonds is 9. The molecule has 3 aromatic rings. The van der Waals surface area contributed by atoms with Crippen LogP contribution in [0.2, 0.25) is 0 Å². The molecular weight excluding hydrogens is 438 g/mol. The van der Waals surface area contributed by atoms with Gasteiger partial charge in [-0.3, -0.25) is 4.79 Å². The Bertz CT molecular complexity index is 1170. The second kappa shape index (κ2) is 9.60. The summed E-state index contributed by atoms with van der Waals surface area (Å²) in [5.41, 5.74) is 0.937. The summed E-state index contributed by atoms with van der Waals surface area (Å²) in [5, 5.41) is 17.6. The molecule has 11 heteroatoms. The first-order chi connectivity index (χ1) is 14.8. The third-order valence-corrected chi connectivity index (χ3v) is 7.64. The van der Waals surface area contributed by atoms with Crippen LogP contribution in [0, 0.1) is 0 Å². The number of benzene rings is 2. The molecule has 164 valence electrons. The van der Waals surface area contributed by atoms with Crippen LogP contribution in [0.5, 0.6) is 0 Å². The summed E-state index contributed by atoms with van der Waals surface area (Å²) < 4.78 is 28.3. The van der Waals surface area contributed by atoms with E-state index in [-0.39, 0.29) is 10.7 Å². The number of hydrogen-bond donors (Lipinski definition) is 2. The first kappa shape index (κ1) is 22.9. The molecule has 0 bridgehead atoms. The number of aliphatic hydroxyl groups excluding tert-OH is 1. The van der Waals surface area contributed by atoms with E-state index in [2.05, 4.69) is 10.2 Å². The fourth-order valence-corrected chi connectivity index (χ4v) is 5.21. The van der Waals surface area contributed by atoms with E-state index in [0.717, 1.165) is 4.90 Å². The van der Waals surface area contributed by atoms with Crippen LogP contribution in [-0.2, 0) is 10.0 Å². The molecule has 1 heterocycles.